The summed E-state index contributed by atoms with van der Waals surface area (Å²) in [7, 11) is 1.67. The standard InChI is InChI=1S/C14H16ClN3O/c1-9(8-19-3)18-12-6-4-5-11(7-16)13(12)17-14(18)10(2)15/h4-6,9-10H,8H2,1-3H3. The van der Waals surface area contributed by atoms with Crippen LogP contribution in [0.15, 0.2) is 18.2 Å². The number of ether oxygens (including phenoxy) is 1. The van der Waals surface area contributed by atoms with Crippen LogP contribution in [0.4, 0.5) is 0 Å². The summed E-state index contributed by atoms with van der Waals surface area (Å²) in [5, 5.41) is 8.94. The third-order valence-electron chi connectivity index (χ3n) is 3.07. The van der Waals surface area contributed by atoms with Crippen LogP contribution in [-0.2, 0) is 4.74 Å². The van der Waals surface area contributed by atoms with Gasteiger partial charge in [-0.15, -0.1) is 11.6 Å². The lowest BCUT2D eigenvalue weighted by Gasteiger charge is -2.17. The highest BCUT2D eigenvalue weighted by Gasteiger charge is 2.20. The first kappa shape index (κ1) is 13.9. The smallest absolute Gasteiger partial charge is 0.128 e. The van der Waals surface area contributed by atoms with Crippen LogP contribution in [0.1, 0.15) is 36.7 Å². The van der Waals surface area contributed by atoms with E-state index in [1.165, 1.54) is 0 Å². The summed E-state index contributed by atoms with van der Waals surface area (Å²) in [5.74, 6) is 0.768. The van der Waals surface area contributed by atoms with Gasteiger partial charge in [0.05, 0.1) is 29.1 Å². The Bertz CT molecular complexity index is 627. The second-order valence-corrected chi connectivity index (χ2v) is 5.20. The third-order valence-corrected chi connectivity index (χ3v) is 3.27. The van der Waals surface area contributed by atoms with E-state index in [9.17, 15) is 0 Å². The third kappa shape index (κ3) is 2.44. The maximum atomic E-state index is 9.16. The zero-order valence-corrected chi connectivity index (χ0v) is 12.0. The number of halogens is 1. The molecule has 0 saturated heterocycles. The van der Waals surface area contributed by atoms with Crippen molar-refractivity contribution < 1.29 is 4.74 Å². The maximum Gasteiger partial charge on any atom is 0.128 e. The van der Waals surface area contributed by atoms with E-state index < -0.39 is 0 Å². The van der Waals surface area contributed by atoms with E-state index in [1.54, 1.807) is 13.2 Å². The van der Waals surface area contributed by atoms with E-state index in [0.717, 1.165) is 11.3 Å². The molecule has 0 radical (unpaired) electrons. The SMILES string of the molecule is COCC(C)n1c(C(C)Cl)nc2c(C#N)cccc21. The summed E-state index contributed by atoms with van der Waals surface area (Å²) in [5.41, 5.74) is 2.20. The Morgan fingerprint density at radius 3 is 2.79 bits per heavy atom. The molecule has 4 nitrogen and oxygen atoms in total. The van der Waals surface area contributed by atoms with Crippen molar-refractivity contribution in [2.45, 2.75) is 25.3 Å². The zero-order chi connectivity index (χ0) is 14.0. The molecular formula is C14H16ClN3O. The molecule has 0 saturated carbocycles. The first-order valence-electron chi connectivity index (χ1n) is 6.14. The van der Waals surface area contributed by atoms with Gasteiger partial charge in [0.25, 0.3) is 0 Å². The molecule has 0 N–H and O–H groups in total. The number of imidazole rings is 1. The predicted molar refractivity (Wildman–Crippen MR) is 75.3 cm³/mol. The van der Waals surface area contributed by atoms with E-state index in [-0.39, 0.29) is 11.4 Å². The number of methoxy groups -OCH3 is 1. The van der Waals surface area contributed by atoms with Gasteiger partial charge in [-0.25, -0.2) is 4.98 Å². The summed E-state index contributed by atoms with van der Waals surface area (Å²) in [6.07, 6.45) is 0. The molecule has 0 spiro atoms. The van der Waals surface area contributed by atoms with Crippen LogP contribution in [0.3, 0.4) is 0 Å². The van der Waals surface area contributed by atoms with E-state index in [4.69, 9.17) is 21.6 Å². The highest BCUT2D eigenvalue weighted by molar-refractivity contribution is 6.20. The Morgan fingerprint density at radius 1 is 1.47 bits per heavy atom. The van der Waals surface area contributed by atoms with Gasteiger partial charge in [-0.05, 0) is 26.0 Å². The number of nitriles is 1. The van der Waals surface area contributed by atoms with Crippen LogP contribution in [0, 0.1) is 11.3 Å². The second kappa shape index (κ2) is 5.60. The number of rotatable bonds is 4. The minimum Gasteiger partial charge on any atom is -0.383 e. The van der Waals surface area contributed by atoms with E-state index in [0.29, 0.717) is 17.7 Å². The lowest BCUT2D eigenvalue weighted by molar-refractivity contribution is 0.162. The average molecular weight is 278 g/mol. The van der Waals surface area contributed by atoms with Crippen molar-refractivity contribution in [3.8, 4) is 6.07 Å². The molecule has 100 valence electrons. The second-order valence-electron chi connectivity index (χ2n) is 4.55. The Kier molecular flexibility index (Phi) is 4.08. The monoisotopic (exact) mass is 277 g/mol. The first-order valence-corrected chi connectivity index (χ1v) is 6.57. The molecular weight excluding hydrogens is 262 g/mol. The maximum absolute atomic E-state index is 9.16. The number of nitrogens with zero attached hydrogens (tertiary/aromatic N) is 3. The molecule has 0 aliphatic heterocycles. The Balaban J connectivity index is 2.72. The Hall–Kier alpha value is -1.57. The molecule has 2 rings (SSSR count). The van der Waals surface area contributed by atoms with Crippen molar-refractivity contribution in [2.24, 2.45) is 0 Å². The normalized spacial score (nSPS) is 14.3. The van der Waals surface area contributed by atoms with Crippen LogP contribution < -0.4 is 0 Å². The van der Waals surface area contributed by atoms with Crippen LogP contribution in [-0.4, -0.2) is 23.3 Å². The highest BCUT2D eigenvalue weighted by Crippen LogP contribution is 2.29. The van der Waals surface area contributed by atoms with Crippen LogP contribution in [0.5, 0.6) is 0 Å². The molecule has 1 aromatic carbocycles. The first-order chi connectivity index (χ1) is 9.10. The van der Waals surface area contributed by atoms with Gasteiger partial charge in [-0.3, -0.25) is 0 Å². The summed E-state index contributed by atoms with van der Waals surface area (Å²) >= 11 is 6.21. The molecule has 2 atom stereocenters. The van der Waals surface area contributed by atoms with Crippen LogP contribution >= 0.6 is 11.6 Å². The van der Waals surface area contributed by atoms with Crippen LogP contribution in [0.25, 0.3) is 11.0 Å². The molecule has 0 fully saturated rings. The van der Waals surface area contributed by atoms with Crippen LogP contribution in [0.2, 0.25) is 0 Å². The minimum absolute atomic E-state index is 0.111. The molecule has 0 aliphatic rings. The van der Waals surface area contributed by atoms with Crippen molar-refractivity contribution in [2.75, 3.05) is 13.7 Å². The van der Waals surface area contributed by atoms with Crippen molar-refractivity contribution in [1.82, 2.24) is 9.55 Å². The summed E-state index contributed by atoms with van der Waals surface area (Å²) in [6, 6.07) is 7.87. The number of alkyl halides is 1. The molecule has 0 amide bonds. The number of fused-ring (bicyclic) bond motifs is 1. The topological polar surface area (TPSA) is 50.8 Å². The van der Waals surface area contributed by atoms with Crippen molar-refractivity contribution in [1.29, 1.82) is 5.26 Å². The van der Waals surface area contributed by atoms with Gasteiger partial charge in [0, 0.05) is 7.11 Å². The van der Waals surface area contributed by atoms with Gasteiger partial charge in [0.15, 0.2) is 0 Å². The molecule has 19 heavy (non-hydrogen) atoms. The number of hydrogen-bond acceptors (Lipinski definition) is 3. The van der Waals surface area contributed by atoms with Gasteiger partial charge in [0.2, 0.25) is 0 Å². The number of hydrogen-bond donors (Lipinski definition) is 0. The van der Waals surface area contributed by atoms with Gasteiger partial charge >= 0.3 is 0 Å². The fourth-order valence-corrected chi connectivity index (χ4v) is 2.44. The molecule has 0 aliphatic carbocycles. The van der Waals surface area contributed by atoms with Gasteiger partial charge in [-0.2, -0.15) is 5.26 Å². The highest BCUT2D eigenvalue weighted by atomic mass is 35.5. The zero-order valence-electron chi connectivity index (χ0n) is 11.2. The number of para-hydroxylation sites is 1. The predicted octanol–water partition coefficient (Wildman–Crippen LogP) is 3.42. The number of aromatic nitrogens is 2. The van der Waals surface area contributed by atoms with E-state index in [2.05, 4.69) is 15.6 Å². The average Bonchev–Trinajstić information content (AvgIpc) is 2.78. The van der Waals surface area contributed by atoms with Gasteiger partial charge in [0.1, 0.15) is 17.4 Å². The quantitative estimate of drug-likeness (QED) is 0.805. The Morgan fingerprint density at radius 2 is 2.21 bits per heavy atom. The Labute approximate surface area is 117 Å². The molecule has 1 heterocycles. The van der Waals surface area contributed by atoms with Crippen molar-refractivity contribution in [3.63, 3.8) is 0 Å². The molecule has 1 aromatic heterocycles. The van der Waals surface area contributed by atoms with Gasteiger partial charge < -0.3 is 9.30 Å². The summed E-state index contributed by atoms with van der Waals surface area (Å²) in [6.45, 7) is 4.50. The summed E-state index contributed by atoms with van der Waals surface area (Å²) in [4.78, 5) is 4.54. The molecule has 2 unspecified atom stereocenters. The fourth-order valence-electron chi connectivity index (χ4n) is 2.28. The summed E-state index contributed by atoms with van der Waals surface area (Å²) < 4.78 is 7.26. The molecule has 2 aromatic rings. The van der Waals surface area contributed by atoms with Gasteiger partial charge in [-0.1, -0.05) is 6.07 Å². The molecule has 0 bridgehead atoms. The van der Waals surface area contributed by atoms with Crippen molar-refractivity contribution in [3.05, 3.63) is 29.6 Å². The largest absolute Gasteiger partial charge is 0.383 e. The minimum atomic E-state index is -0.224. The van der Waals surface area contributed by atoms with Crippen molar-refractivity contribution >= 4 is 22.6 Å². The lowest BCUT2D eigenvalue weighted by atomic mass is 10.2. The van der Waals surface area contributed by atoms with E-state index in [1.807, 2.05) is 26.0 Å². The lowest BCUT2D eigenvalue weighted by Crippen LogP contribution is -2.14. The fraction of sp³-hybridized carbons (Fsp3) is 0.429. The molecule has 5 heteroatoms. The van der Waals surface area contributed by atoms with E-state index >= 15 is 0 Å². The number of benzene rings is 1.